The largest absolute Gasteiger partial charge is 0.356 e. The van der Waals surface area contributed by atoms with Crippen LogP contribution in [0.25, 0.3) is 0 Å². The molecule has 1 saturated heterocycles. The smallest absolute Gasteiger partial charge is 0.220 e. The van der Waals surface area contributed by atoms with E-state index in [0.29, 0.717) is 6.42 Å². The molecule has 1 aliphatic heterocycles. The first kappa shape index (κ1) is 16.0. The molecular weight excluding hydrogens is 260 g/mol. The maximum absolute atomic E-state index is 12.1. The van der Waals surface area contributed by atoms with Gasteiger partial charge < -0.3 is 10.6 Å². The number of carbonyl (C=O) groups excluding carboxylic acids is 1. The van der Waals surface area contributed by atoms with Gasteiger partial charge in [0, 0.05) is 13.0 Å². The van der Waals surface area contributed by atoms with Crippen LogP contribution >= 0.6 is 0 Å². The summed E-state index contributed by atoms with van der Waals surface area (Å²) in [6.45, 7) is 7.31. The maximum atomic E-state index is 12.1. The predicted octanol–water partition coefficient (Wildman–Crippen LogP) is 2.86. The van der Waals surface area contributed by atoms with Crippen molar-refractivity contribution >= 4 is 5.91 Å². The minimum absolute atomic E-state index is 0.113. The molecule has 1 fully saturated rings. The number of amides is 1. The van der Waals surface area contributed by atoms with Crippen molar-refractivity contribution in [1.29, 1.82) is 0 Å². The molecule has 0 aliphatic carbocycles. The van der Waals surface area contributed by atoms with Crippen molar-refractivity contribution in [3.05, 3.63) is 35.9 Å². The molecule has 1 aliphatic rings. The van der Waals surface area contributed by atoms with Crippen LogP contribution in [0.5, 0.6) is 0 Å². The SMILES string of the molecule is CC(C)(CC(=O)NCC[C@@H]1CCCNC1)c1ccccc1. The second kappa shape index (κ2) is 7.60. The van der Waals surface area contributed by atoms with Crippen molar-refractivity contribution in [3.63, 3.8) is 0 Å². The maximum Gasteiger partial charge on any atom is 0.220 e. The first-order chi connectivity index (χ1) is 10.1. The van der Waals surface area contributed by atoms with Crippen LogP contribution in [-0.2, 0) is 10.2 Å². The number of hydrogen-bond donors (Lipinski definition) is 2. The van der Waals surface area contributed by atoms with Gasteiger partial charge in [-0.25, -0.2) is 0 Å². The number of hydrogen-bond acceptors (Lipinski definition) is 2. The molecular formula is C18H28N2O. The Kier molecular flexibility index (Phi) is 5.80. The van der Waals surface area contributed by atoms with E-state index in [9.17, 15) is 4.79 Å². The summed E-state index contributed by atoms with van der Waals surface area (Å²) in [5, 5.41) is 6.51. The molecule has 0 bridgehead atoms. The highest BCUT2D eigenvalue weighted by atomic mass is 16.1. The summed E-state index contributed by atoms with van der Waals surface area (Å²) in [6.07, 6.45) is 4.18. The van der Waals surface area contributed by atoms with Crippen LogP contribution in [0.4, 0.5) is 0 Å². The zero-order valence-corrected chi connectivity index (χ0v) is 13.3. The third-order valence-corrected chi connectivity index (χ3v) is 4.43. The summed E-state index contributed by atoms with van der Waals surface area (Å²) in [4.78, 5) is 12.1. The monoisotopic (exact) mass is 288 g/mol. The highest BCUT2D eigenvalue weighted by molar-refractivity contribution is 5.77. The van der Waals surface area contributed by atoms with Crippen molar-refractivity contribution in [1.82, 2.24) is 10.6 Å². The minimum Gasteiger partial charge on any atom is -0.356 e. The predicted molar refractivity (Wildman–Crippen MR) is 87.3 cm³/mol. The van der Waals surface area contributed by atoms with E-state index in [1.165, 1.54) is 18.4 Å². The molecule has 1 aromatic rings. The average molecular weight is 288 g/mol. The topological polar surface area (TPSA) is 41.1 Å². The molecule has 116 valence electrons. The van der Waals surface area contributed by atoms with Gasteiger partial charge in [0.15, 0.2) is 0 Å². The summed E-state index contributed by atoms with van der Waals surface area (Å²) in [6, 6.07) is 10.3. The molecule has 3 nitrogen and oxygen atoms in total. The molecule has 2 N–H and O–H groups in total. The van der Waals surface area contributed by atoms with Crippen molar-refractivity contribution < 1.29 is 4.79 Å². The number of rotatable bonds is 6. The molecule has 1 atom stereocenters. The van der Waals surface area contributed by atoms with Crippen molar-refractivity contribution in [3.8, 4) is 0 Å². The van der Waals surface area contributed by atoms with E-state index in [2.05, 4.69) is 36.6 Å². The third-order valence-electron chi connectivity index (χ3n) is 4.43. The fourth-order valence-electron chi connectivity index (χ4n) is 3.04. The Labute approximate surface area is 128 Å². The van der Waals surface area contributed by atoms with Crippen LogP contribution in [0.3, 0.4) is 0 Å². The lowest BCUT2D eigenvalue weighted by atomic mass is 9.81. The number of piperidine rings is 1. The summed E-state index contributed by atoms with van der Waals surface area (Å²) in [5.74, 6) is 0.883. The highest BCUT2D eigenvalue weighted by Crippen LogP contribution is 2.26. The Morgan fingerprint density at radius 2 is 2.10 bits per heavy atom. The summed E-state index contributed by atoms with van der Waals surface area (Å²) >= 11 is 0. The van der Waals surface area contributed by atoms with Crippen molar-refractivity contribution in [2.24, 2.45) is 5.92 Å². The van der Waals surface area contributed by atoms with Crippen LogP contribution < -0.4 is 10.6 Å². The molecule has 1 heterocycles. The lowest BCUT2D eigenvalue weighted by molar-refractivity contribution is -0.122. The van der Waals surface area contributed by atoms with Crippen LogP contribution in [0.15, 0.2) is 30.3 Å². The molecule has 3 heteroatoms. The summed E-state index contributed by atoms with van der Waals surface area (Å²) in [7, 11) is 0. The van der Waals surface area contributed by atoms with Gasteiger partial charge in [0.05, 0.1) is 0 Å². The molecule has 1 amide bonds. The first-order valence-corrected chi connectivity index (χ1v) is 8.11. The van der Waals surface area contributed by atoms with Crippen molar-refractivity contribution in [2.75, 3.05) is 19.6 Å². The highest BCUT2D eigenvalue weighted by Gasteiger charge is 2.24. The molecule has 2 rings (SSSR count). The van der Waals surface area contributed by atoms with E-state index in [1.807, 2.05) is 18.2 Å². The minimum atomic E-state index is -0.113. The molecule has 0 spiro atoms. The molecule has 0 radical (unpaired) electrons. The fraction of sp³-hybridized carbons (Fsp3) is 0.611. The van der Waals surface area contributed by atoms with Gasteiger partial charge in [-0.3, -0.25) is 4.79 Å². The van der Waals surface area contributed by atoms with Gasteiger partial charge in [-0.15, -0.1) is 0 Å². The van der Waals surface area contributed by atoms with E-state index in [-0.39, 0.29) is 11.3 Å². The Morgan fingerprint density at radius 1 is 1.33 bits per heavy atom. The van der Waals surface area contributed by atoms with Gasteiger partial charge in [-0.1, -0.05) is 44.2 Å². The van der Waals surface area contributed by atoms with Crippen LogP contribution in [0.1, 0.15) is 45.1 Å². The van der Waals surface area contributed by atoms with Gasteiger partial charge in [0.1, 0.15) is 0 Å². The first-order valence-electron chi connectivity index (χ1n) is 8.11. The zero-order chi connectivity index (χ0) is 15.1. The second-order valence-corrected chi connectivity index (χ2v) is 6.78. The quantitative estimate of drug-likeness (QED) is 0.845. The number of carbonyl (C=O) groups is 1. The Hall–Kier alpha value is -1.35. The lowest BCUT2D eigenvalue weighted by Crippen LogP contribution is -2.35. The van der Waals surface area contributed by atoms with E-state index in [0.717, 1.165) is 32.0 Å². The Bertz CT molecular complexity index is 436. The normalized spacial score (nSPS) is 19.2. The van der Waals surface area contributed by atoms with E-state index in [4.69, 9.17) is 0 Å². The van der Waals surface area contributed by atoms with E-state index < -0.39 is 0 Å². The van der Waals surface area contributed by atoms with Gasteiger partial charge in [-0.05, 0) is 49.2 Å². The molecule has 0 unspecified atom stereocenters. The van der Waals surface area contributed by atoms with Gasteiger partial charge >= 0.3 is 0 Å². The summed E-state index contributed by atoms with van der Waals surface area (Å²) < 4.78 is 0. The third kappa shape index (κ3) is 5.16. The Balaban J connectivity index is 1.73. The molecule has 0 saturated carbocycles. The Morgan fingerprint density at radius 3 is 2.76 bits per heavy atom. The zero-order valence-electron chi connectivity index (χ0n) is 13.3. The standard InChI is InChI=1S/C18H28N2O/c1-18(2,16-8-4-3-5-9-16)13-17(21)20-12-10-15-7-6-11-19-14-15/h3-5,8-9,15,19H,6-7,10-14H2,1-2H3,(H,20,21)/t15-/m0/s1. The fourth-order valence-corrected chi connectivity index (χ4v) is 3.04. The van der Waals surface area contributed by atoms with Gasteiger partial charge in [-0.2, -0.15) is 0 Å². The molecule has 1 aromatic carbocycles. The van der Waals surface area contributed by atoms with Crippen LogP contribution in [-0.4, -0.2) is 25.5 Å². The summed E-state index contributed by atoms with van der Waals surface area (Å²) in [5.41, 5.74) is 1.11. The molecule has 0 aromatic heterocycles. The van der Waals surface area contributed by atoms with Gasteiger partial charge in [0.25, 0.3) is 0 Å². The van der Waals surface area contributed by atoms with E-state index >= 15 is 0 Å². The van der Waals surface area contributed by atoms with Crippen LogP contribution in [0.2, 0.25) is 0 Å². The van der Waals surface area contributed by atoms with Crippen molar-refractivity contribution in [2.45, 2.75) is 44.9 Å². The average Bonchev–Trinajstić information content (AvgIpc) is 2.49. The van der Waals surface area contributed by atoms with Gasteiger partial charge in [0.2, 0.25) is 5.91 Å². The number of benzene rings is 1. The lowest BCUT2D eigenvalue weighted by Gasteiger charge is -2.25. The molecule has 21 heavy (non-hydrogen) atoms. The van der Waals surface area contributed by atoms with E-state index in [1.54, 1.807) is 0 Å². The van der Waals surface area contributed by atoms with Crippen LogP contribution in [0, 0.1) is 5.92 Å². The number of nitrogens with one attached hydrogen (secondary N) is 2. The second-order valence-electron chi connectivity index (χ2n) is 6.78.